The molecule has 5 nitrogen and oxygen atoms in total. The number of benzene rings is 1. The van der Waals surface area contributed by atoms with Crippen LogP contribution in [0.15, 0.2) is 24.3 Å². The van der Waals surface area contributed by atoms with E-state index in [2.05, 4.69) is 4.90 Å². The normalized spacial score (nSPS) is 26.6. The second-order valence-corrected chi connectivity index (χ2v) is 7.06. The molecule has 0 bridgehead atoms. The van der Waals surface area contributed by atoms with E-state index >= 15 is 0 Å². The number of nitrogens with zero attached hydrogens (tertiary/aromatic N) is 2. The van der Waals surface area contributed by atoms with Gasteiger partial charge in [0.05, 0.1) is 0 Å². The lowest BCUT2D eigenvalue weighted by molar-refractivity contribution is -0.141. The van der Waals surface area contributed by atoms with E-state index in [-0.39, 0.29) is 18.3 Å². The van der Waals surface area contributed by atoms with Crippen molar-refractivity contribution in [2.75, 3.05) is 18.8 Å². The minimum Gasteiger partial charge on any atom is -0.399 e. The van der Waals surface area contributed by atoms with Gasteiger partial charge in [-0.05, 0) is 55.9 Å². The maximum absolute atomic E-state index is 12.7. The number of carbonyl (C=O) groups excluding carboxylic acids is 2. The third-order valence-electron chi connectivity index (χ3n) is 5.45. The maximum atomic E-state index is 12.7. The van der Waals surface area contributed by atoms with Crippen LogP contribution in [0.3, 0.4) is 0 Å². The number of nitrogens with two attached hydrogens (primary N) is 1. The van der Waals surface area contributed by atoms with Gasteiger partial charge in [0.15, 0.2) is 0 Å². The van der Waals surface area contributed by atoms with Crippen LogP contribution >= 0.6 is 12.4 Å². The molecule has 2 aliphatic heterocycles. The molecule has 0 aromatic heterocycles. The molecule has 0 radical (unpaired) electrons. The van der Waals surface area contributed by atoms with Gasteiger partial charge >= 0.3 is 0 Å². The van der Waals surface area contributed by atoms with Gasteiger partial charge in [-0.1, -0.05) is 0 Å². The van der Waals surface area contributed by atoms with Crippen molar-refractivity contribution in [3.63, 3.8) is 0 Å². The Hall–Kier alpha value is -1.75. The zero-order valence-corrected chi connectivity index (χ0v) is 14.5. The fraction of sp³-hybridized carbons (Fsp3) is 0.556. The Kier molecular flexibility index (Phi) is 4.72. The molecule has 2 heterocycles. The molecule has 1 saturated carbocycles. The highest BCUT2D eigenvalue weighted by Gasteiger charge is 2.45. The van der Waals surface area contributed by atoms with Crippen LogP contribution < -0.4 is 5.73 Å². The summed E-state index contributed by atoms with van der Waals surface area (Å²) in [5.41, 5.74) is 7.06. The van der Waals surface area contributed by atoms with Crippen molar-refractivity contribution in [1.82, 2.24) is 9.80 Å². The summed E-state index contributed by atoms with van der Waals surface area (Å²) in [6.07, 6.45) is 4.78. The fourth-order valence-corrected chi connectivity index (χ4v) is 4.11. The number of hydrogen-bond acceptors (Lipinski definition) is 3. The first kappa shape index (κ1) is 17.1. The highest BCUT2D eigenvalue weighted by molar-refractivity contribution is 5.94. The van der Waals surface area contributed by atoms with Gasteiger partial charge in [0, 0.05) is 42.8 Å². The molecule has 2 amide bonds. The Balaban J connectivity index is 0.00000169. The molecule has 2 saturated heterocycles. The number of fused-ring (bicyclic) bond motifs is 1. The number of rotatable bonds is 2. The van der Waals surface area contributed by atoms with Gasteiger partial charge < -0.3 is 15.5 Å². The monoisotopic (exact) mass is 349 g/mol. The summed E-state index contributed by atoms with van der Waals surface area (Å²) in [5.74, 6) is 0.838. The molecule has 4 rings (SSSR count). The standard InChI is InChI=1S/C18H23N3O2.ClH/c19-14-4-1-12(2-5-14)18(23)20-10-9-16-13(11-20)3-8-17(22)21(16)15-6-7-15;/h1-2,4-5,13,15-16H,3,6-11,19H2;1H. The van der Waals surface area contributed by atoms with E-state index in [1.54, 1.807) is 24.3 Å². The van der Waals surface area contributed by atoms with Gasteiger partial charge in [-0.2, -0.15) is 0 Å². The number of hydrogen-bond donors (Lipinski definition) is 1. The number of halogens is 1. The van der Waals surface area contributed by atoms with Crippen molar-refractivity contribution in [2.24, 2.45) is 5.92 Å². The van der Waals surface area contributed by atoms with Crippen LogP contribution in [0, 0.1) is 5.92 Å². The molecule has 6 heteroatoms. The van der Waals surface area contributed by atoms with Crippen molar-refractivity contribution in [1.29, 1.82) is 0 Å². The summed E-state index contributed by atoms with van der Waals surface area (Å²) < 4.78 is 0. The molecular weight excluding hydrogens is 326 g/mol. The van der Waals surface area contributed by atoms with Gasteiger partial charge in [-0.25, -0.2) is 0 Å². The van der Waals surface area contributed by atoms with Crippen LogP contribution in [0.1, 0.15) is 42.5 Å². The summed E-state index contributed by atoms with van der Waals surface area (Å²) in [6.45, 7) is 1.51. The number of likely N-dealkylation sites (tertiary alicyclic amines) is 2. The minimum atomic E-state index is 0. The number of piperidine rings is 2. The van der Waals surface area contributed by atoms with Gasteiger partial charge in [0.2, 0.25) is 5.91 Å². The Morgan fingerprint density at radius 3 is 2.46 bits per heavy atom. The molecule has 1 aliphatic carbocycles. The quantitative estimate of drug-likeness (QED) is 0.833. The van der Waals surface area contributed by atoms with E-state index in [4.69, 9.17) is 5.73 Å². The lowest BCUT2D eigenvalue weighted by Crippen LogP contribution is -2.57. The molecule has 2 unspecified atom stereocenters. The molecule has 1 aromatic carbocycles. The van der Waals surface area contributed by atoms with Gasteiger partial charge in [-0.3, -0.25) is 9.59 Å². The van der Waals surface area contributed by atoms with Crippen LogP contribution in [-0.2, 0) is 4.79 Å². The largest absolute Gasteiger partial charge is 0.399 e. The van der Waals surface area contributed by atoms with Crippen LogP contribution in [0.25, 0.3) is 0 Å². The van der Waals surface area contributed by atoms with Crippen LogP contribution in [0.2, 0.25) is 0 Å². The van der Waals surface area contributed by atoms with Gasteiger partial charge in [0.1, 0.15) is 0 Å². The Morgan fingerprint density at radius 1 is 1.08 bits per heavy atom. The molecule has 2 atom stereocenters. The highest BCUT2D eigenvalue weighted by Crippen LogP contribution is 2.39. The second-order valence-electron chi connectivity index (χ2n) is 7.06. The number of amides is 2. The third-order valence-corrected chi connectivity index (χ3v) is 5.45. The van der Waals surface area contributed by atoms with E-state index in [1.165, 1.54) is 0 Å². The predicted molar refractivity (Wildman–Crippen MR) is 95.0 cm³/mol. The maximum Gasteiger partial charge on any atom is 0.253 e. The van der Waals surface area contributed by atoms with Crippen molar-refractivity contribution in [3.05, 3.63) is 29.8 Å². The predicted octanol–water partition coefficient (Wildman–Crippen LogP) is 2.31. The fourth-order valence-electron chi connectivity index (χ4n) is 4.11. The molecule has 1 aromatic rings. The van der Waals surface area contributed by atoms with Crippen molar-refractivity contribution < 1.29 is 9.59 Å². The Bertz CT molecular complexity index is 630. The van der Waals surface area contributed by atoms with Crippen molar-refractivity contribution in [2.45, 2.75) is 44.2 Å². The molecule has 130 valence electrons. The number of carbonyl (C=O) groups is 2. The molecule has 2 N–H and O–H groups in total. The zero-order chi connectivity index (χ0) is 16.0. The SMILES string of the molecule is Cl.Nc1ccc(C(=O)N2CCC3C(CCC(=O)N3C3CC3)C2)cc1. The van der Waals surface area contributed by atoms with Gasteiger partial charge in [-0.15, -0.1) is 12.4 Å². The molecule has 24 heavy (non-hydrogen) atoms. The number of nitrogen functional groups attached to an aromatic ring is 1. The van der Waals surface area contributed by atoms with Gasteiger partial charge in [0.25, 0.3) is 5.91 Å². The van der Waals surface area contributed by atoms with Crippen molar-refractivity contribution in [3.8, 4) is 0 Å². The first-order chi connectivity index (χ1) is 11.1. The van der Waals surface area contributed by atoms with E-state index in [1.807, 2.05) is 4.90 Å². The van der Waals surface area contributed by atoms with Crippen LogP contribution in [0.4, 0.5) is 5.69 Å². The number of anilines is 1. The van der Waals surface area contributed by atoms with Crippen molar-refractivity contribution >= 4 is 29.9 Å². The van der Waals surface area contributed by atoms with Crippen LogP contribution in [0.5, 0.6) is 0 Å². The minimum absolute atomic E-state index is 0. The smallest absolute Gasteiger partial charge is 0.253 e. The van der Waals surface area contributed by atoms with E-state index in [0.717, 1.165) is 38.8 Å². The van der Waals surface area contributed by atoms with E-state index in [0.29, 0.717) is 41.6 Å². The average Bonchev–Trinajstić information content (AvgIpc) is 3.39. The summed E-state index contributed by atoms with van der Waals surface area (Å²) in [4.78, 5) is 29.0. The Labute approximate surface area is 148 Å². The lowest BCUT2D eigenvalue weighted by atomic mass is 9.83. The summed E-state index contributed by atoms with van der Waals surface area (Å²) in [7, 11) is 0. The average molecular weight is 350 g/mol. The van der Waals surface area contributed by atoms with Crippen LogP contribution in [-0.4, -0.2) is 46.8 Å². The van der Waals surface area contributed by atoms with E-state index < -0.39 is 0 Å². The molecular formula is C18H24ClN3O2. The second kappa shape index (κ2) is 6.63. The first-order valence-corrected chi connectivity index (χ1v) is 8.59. The zero-order valence-electron chi connectivity index (χ0n) is 13.7. The first-order valence-electron chi connectivity index (χ1n) is 8.59. The Morgan fingerprint density at radius 2 is 1.79 bits per heavy atom. The summed E-state index contributed by atoms with van der Waals surface area (Å²) >= 11 is 0. The summed E-state index contributed by atoms with van der Waals surface area (Å²) in [6, 6.07) is 7.96. The van der Waals surface area contributed by atoms with E-state index in [9.17, 15) is 9.59 Å². The molecule has 0 spiro atoms. The third kappa shape index (κ3) is 3.09. The molecule has 3 fully saturated rings. The topological polar surface area (TPSA) is 66.6 Å². The molecule has 3 aliphatic rings. The summed E-state index contributed by atoms with van der Waals surface area (Å²) in [5, 5.41) is 0. The highest BCUT2D eigenvalue weighted by atomic mass is 35.5. The lowest BCUT2D eigenvalue weighted by Gasteiger charge is -2.47.